The van der Waals surface area contributed by atoms with Gasteiger partial charge in [0.2, 0.25) is 5.91 Å². The van der Waals surface area contributed by atoms with Crippen LogP contribution in [0.4, 0.5) is 0 Å². The Morgan fingerprint density at radius 2 is 1.88 bits per heavy atom. The second kappa shape index (κ2) is 7.83. The topological polar surface area (TPSA) is 62.0 Å². The van der Waals surface area contributed by atoms with E-state index in [-0.39, 0.29) is 11.5 Å². The third-order valence-electron chi connectivity index (χ3n) is 4.55. The first-order valence-corrected chi connectivity index (χ1v) is 8.67. The van der Waals surface area contributed by atoms with E-state index in [1.165, 1.54) is 6.08 Å². The maximum Gasteiger partial charge on any atom is 0.251 e. The lowest BCUT2D eigenvalue weighted by Gasteiger charge is -2.08. The smallest absolute Gasteiger partial charge is 0.251 e. The largest absolute Gasteiger partial charge is 0.352 e. The van der Waals surface area contributed by atoms with Crippen molar-refractivity contribution in [3.8, 4) is 0 Å². The summed E-state index contributed by atoms with van der Waals surface area (Å²) in [5.41, 5.74) is 4.67. The number of rotatable bonds is 5. The van der Waals surface area contributed by atoms with Crippen molar-refractivity contribution >= 4 is 22.9 Å². The Hall–Kier alpha value is -3.14. The fourth-order valence-electron chi connectivity index (χ4n) is 2.87. The minimum atomic E-state index is -0.169. The number of benzene rings is 2. The number of carbonyl (C=O) groups is 1. The van der Waals surface area contributed by atoms with Gasteiger partial charge in [0.15, 0.2) is 0 Å². The van der Waals surface area contributed by atoms with Gasteiger partial charge in [0.1, 0.15) is 0 Å². The van der Waals surface area contributed by atoms with E-state index >= 15 is 0 Å². The molecule has 0 bridgehead atoms. The molecule has 1 amide bonds. The van der Waals surface area contributed by atoms with Gasteiger partial charge in [0.05, 0.1) is 5.52 Å². The zero-order valence-electron chi connectivity index (χ0n) is 15.0. The quantitative estimate of drug-likeness (QED) is 0.695. The lowest BCUT2D eigenvalue weighted by molar-refractivity contribution is -0.116. The fourth-order valence-corrected chi connectivity index (χ4v) is 2.87. The van der Waals surface area contributed by atoms with Crippen LogP contribution < -0.4 is 10.9 Å². The van der Waals surface area contributed by atoms with Crippen molar-refractivity contribution in [2.45, 2.75) is 20.3 Å². The molecule has 0 aliphatic heterocycles. The number of hydrogen-bond donors (Lipinski definition) is 2. The van der Waals surface area contributed by atoms with E-state index in [9.17, 15) is 9.59 Å². The number of amides is 1. The van der Waals surface area contributed by atoms with Gasteiger partial charge in [-0.25, -0.2) is 0 Å². The third kappa shape index (κ3) is 4.09. The molecule has 1 heterocycles. The van der Waals surface area contributed by atoms with Gasteiger partial charge in [-0.15, -0.1) is 0 Å². The maximum absolute atomic E-state index is 12.3. The first kappa shape index (κ1) is 17.7. The van der Waals surface area contributed by atoms with Gasteiger partial charge >= 0.3 is 0 Å². The predicted octanol–water partition coefficient (Wildman–Crippen LogP) is 3.52. The summed E-state index contributed by atoms with van der Waals surface area (Å²) >= 11 is 0. The van der Waals surface area contributed by atoms with Crippen LogP contribution in [-0.4, -0.2) is 17.4 Å². The van der Waals surface area contributed by atoms with Gasteiger partial charge in [0.25, 0.3) is 5.56 Å². The molecular weight excluding hydrogens is 324 g/mol. The van der Waals surface area contributed by atoms with Crippen LogP contribution in [0.15, 0.2) is 59.4 Å². The monoisotopic (exact) mass is 346 g/mol. The molecule has 0 fully saturated rings. The van der Waals surface area contributed by atoms with E-state index < -0.39 is 0 Å². The molecule has 3 aromatic rings. The number of aryl methyl sites for hydroxylation is 2. The van der Waals surface area contributed by atoms with Gasteiger partial charge in [-0.3, -0.25) is 9.59 Å². The molecule has 0 saturated heterocycles. The highest BCUT2D eigenvalue weighted by Gasteiger charge is 2.06. The van der Waals surface area contributed by atoms with Crippen LogP contribution in [0.2, 0.25) is 0 Å². The molecule has 2 N–H and O–H groups in total. The molecular formula is C22H22N2O2. The van der Waals surface area contributed by atoms with Crippen LogP contribution in [0.3, 0.4) is 0 Å². The molecule has 4 nitrogen and oxygen atoms in total. The summed E-state index contributed by atoms with van der Waals surface area (Å²) in [5, 5.41) is 3.83. The minimum Gasteiger partial charge on any atom is -0.352 e. The van der Waals surface area contributed by atoms with Crippen LogP contribution in [0.25, 0.3) is 17.0 Å². The van der Waals surface area contributed by atoms with E-state index in [2.05, 4.69) is 16.4 Å². The Kier molecular flexibility index (Phi) is 5.32. The number of carbonyl (C=O) groups excluding carboxylic acids is 1. The number of H-pyrrole nitrogens is 1. The van der Waals surface area contributed by atoms with Gasteiger partial charge in [-0.1, -0.05) is 42.5 Å². The Balaban J connectivity index is 1.64. The Morgan fingerprint density at radius 1 is 1.12 bits per heavy atom. The summed E-state index contributed by atoms with van der Waals surface area (Å²) in [6.07, 6.45) is 3.76. The number of fused-ring (bicyclic) bond motifs is 1. The third-order valence-corrected chi connectivity index (χ3v) is 4.55. The van der Waals surface area contributed by atoms with Crippen molar-refractivity contribution in [3.63, 3.8) is 0 Å². The molecule has 4 heteroatoms. The van der Waals surface area contributed by atoms with E-state index in [0.717, 1.165) is 27.6 Å². The number of nitrogens with one attached hydrogen (secondary N) is 2. The Labute approximate surface area is 152 Å². The van der Waals surface area contributed by atoms with Crippen molar-refractivity contribution < 1.29 is 4.79 Å². The van der Waals surface area contributed by atoms with E-state index in [1.807, 2.05) is 56.3 Å². The van der Waals surface area contributed by atoms with Crippen LogP contribution in [0.1, 0.15) is 22.3 Å². The Bertz CT molecular complexity index is 1020. The normalized spacial score (nSPS) is 11.2. The van der Waals surface area contributed by atoms with E-state index in [4.69, 9.17) is 0 Å². The van der Waals surface area contributed by atoms with Gasteiger partial charge < -0.3 is 10.3 Å². The molecule has 0 spiro atoms. The van der Waals surface area contributed by atoms with Crippen molar-refractivity contribution in [2.24, 2.45) is 0 Å². The highest BCUT2D eigenvalue weighted by atomic mass is 16.1. The molecule has 3 rings (SSSR count). The van der Waals surface area contributed by atoms with Crippen molar-refractivity contribution in [2.75, 3.05) is 6.54 Å². The highest BCUT2D eigenvalue weighted by Crippen LogP contribution is 2.18. The molecule has 0 aliphatic rings. The number of aromatic nitrogens is 1. The average Bonchev–Trinajstić information content (AvgIpc) is 2.65. The average molecular weight is 346 g/mol. The first-order chi connectivity index (χ1) is 12.5. The summed E-state index contributed by atoms with van der Waals surface area (Å²) in [6.45, 7) is 4.45. The maximum atomic E-state index is 12.3. The molecule has 0 unspecified atom stereocenters. The highest BCUT2D eigenvalue weighted by molar-refractivity contribution is 5.91. The Morgan fingerprint density at radius 3 is 2.65 bits per heavy atom. The van der Waals surface area contributed by atoms with Crippen LogP contribution in [0.5, 0.6) is 0 Å². The van der Waals surface area contributed by atoms with E-state index in [0.29, 0.717) is 18.5 Å². The zero-order chi connectivity index (χ0) is 18.5. The van der Waals surface area contributed by atoms with Gasteiger partial charge in [-0.05, 0) is 54.5 Å². The number of aromatic amines is 1. The molecule has 0 saturated carbocycles. The fraction of sp³-hybridized carbons (Fsp3) is 0.182. The standard InChI is InChI=1S/C22H22N2O2/c1-15-8-10-18-14-19(22(26)24-21(18)16(15)2)12-13-23-20(25)11-9-17-6-4-3-5-7-17/h3-11,14H,12-13H2,1-2H3,(H,23,25)(H,24,26). The molecule has 2 aromatic carbocycles. The van der Waals surface area contributed by atoms with Crippen molar-refractivity contribution in [1.82, 2.24) is 10.3 Å². The van der Waals surface area contributed by atoms with Crippen LogP contribution >= 0.6 is 0 Å². The lowest BCUT2D eigenvalue weighted by atomic mass is 10.0. The lowest BCUT2D eigenvalue weighted by Crippen LogP contribution is -2.25. The van der Waals surface area contributed by atoms with E-state index in [1.54, 1.807) is 6.08 Å². The molecule has 1 aromatic heterocycles. The minimum absolute atomic E-state index is 0.0970. The van der Waals surface area contributed by atoms with Gasteiger partial charge in [-0.2, -0.15) is 0 Å². The zero-order valence-corrected chi connectivity index (χ0v) is 15.0. The molecule has 0 radical (unpaired) electrons. The van der Waals surface area contributed by atoms with Crippen molar-refractivity contribution in [1.29, 1.82) is 0 Å². The molecule has 132 valence electrons. The first-order valence-electron chi connectivity index (χ1n) is 8.67. The molecule has 26 heavy (non-hydrogen) atoms. The summed E-state index contributed by atoms with van der Waals surface area (Å²) < 4.78 is 0. The molecule has 0 aliphatic carbocycles. The van der Waals surface area contributed by atoms with Crippen molar-refractivity contribution in [3.05, 3.63) is 87.2 Å². The SMILES string of the molecule is Cc1ccc2cc(CCNC(=O)C=Cc3ccccc3)c(=O)[nH]c2c1C. The second-order valence-corrected chi connectivity index (χ2v) is 6.38. The summed E-state index contributed by atoms with van der Waals surface area (Å²) in [7, 11) is 0. The van der Waals surface area contributed by atoms with Gasteiger partial charge in [0, 0.05) is 18.2 Å². The predicted molar refractivity (Wildman–Crippen MR) is 106 cm³/mol. The summed E-state index contributed by atoms with van der Waals surface area (Å²) in [5.74, 6) is -0.169. The molecule has 0 atom stereocenters. The number of hydrogen-bond acceptors (Lipinski definition) is 2. The number of pyridine rings is 1. The summed E-state index contributed by atoms with van der Waals surface area (Å²) in [4.78, 5) is 27.2. The summed E-state index contributed by atoms with van der Waals surface area (Å²) in [6, 6.07) is 15.6. The van der Waals surface area contributed by atoms with Crippen LogP contribution in [-0.2, 0) is 11.2 Å². The second-order valence-electron chi connectivity index (χ2n) is 6.38. The van der Waals surface area contributed by atoms with Crippen LogP contribution in [0, 0.1) is 13.8 Å².